The Labute approximate surface area is 107 Å². The molecule has 0 fully saturated rings. The van der Waals surface area contributed by atoms with Crippen LogP contribution in [0.5, 0.6) is 0 Å². The highest BCUT2D eigenvalue weighted by molar-refractivity contribution is 7.99. The summed E-state index contributed by atoms with van der Waals surface area (Å²) in [5, 5.41) is 13.5. The molecule has 5 heteroatoms. The van der Waals surface area contributed by atoms with Crippen molar-refractivity contribution in [3.05, 3.63) is 18.5 Å². The third-order valence-electron chi connectivity index (χ3n) is 2.60. The molecule has 0 bridgehead atoms. The lowest BCUT2D eigenvalue weighted by Crippen LogP contribution is -2.45. The summed E-state index contributed by atoms with van der Waals surface area (Å²) in [5.41, 5.74) is -0.160. The van der Waals surface area contributed by atoms with Gasteiger partial charge in [-0.05, 0) is 32.4 Å². The average Bonchev–Trinajstić information content (AvgIpc) is 2.36. The van der Waals surface area contributed by atoms with Crippen LogP contribution in [0.25, 0.3) is 0 Å². The summed E-state index contributed by atoms with van der Waals surface area (Å²) in [4.78, 5) is 8.31. The maximum atomic E-state index is 9.34. The summed E-state index contributed by atoms with van der Waals surface area (Å²) >= 11 is 1.66. The van der Waals surface area contributed by atoms with E-state index in [-0.39, 0.29) is 12.1 Å². The van der Waals surface area contributed by atoms with Gasteiger partial charge in [0, 0.05) is 23.7 Å². The molecule has 1 unspecified atom stereocenters. The van der Waals surface area contributed by atoms with Gasteiger partial charge >= 0.3 is 0 Å². The summed E-state index contributed by atoms with van der Waals surface area (Å²) in [6.45, 7) is 5.17. The molecule has 0 amide bonds. The van der Waals surface area contributed by atoms with Crippen LogP contribution in [0.1, 0.15) is 26.7 Å². The topological polar surface area (TPSA) is 58.0 Å². The molecule has 2 N–H and O–H groups in total. The fraction of sp³-hybridized carbons (Fsp3) is 0.667. The van der Waals surface area contributed by atoms with E-state index < -0.39 is 0 Å². The first-order chi connectivity index (χ1) is 8.20. The zero-order valence-corrected chi connectivity index (χ0v) is 11.3. The highest BCUT2D eigenvalue weighted by Crippen LogP contribution is 2.17. The van der Waals surface area contributed by atoms with Gasteiger partial charge in [-0.25, -0.2) is 9.97 Å². The van der Waals surface area contributed by atoms with Gasteiger partial charge in [0.15, 0.2) is 5.16 Å². The van der Waals surface area contributed by atoms with Gasteiger partial charge in [0.1, 0.15) is 0 Å². The minimum Gasteiger partial charge on any atom is -0.394 e. The molecule has 0 saturated carbocycles. The molecule has 0 aromatic carbocycles. The number of thioether (sulfide) groups is 1. The molecule has 1 heterocycles. The number of nitrogens with one attached hydrogen (secondary N) is 1. The Kier molecular flexibility index (Phi) is 6.47. The average molecular weight is 255 g/mol. The van der Waals surface area contributed by atoms with Gasteiger partial charge in [0.05, 0.1) is 6.61 Å². The van der Waals surface area contributed by atoms with E-state index in [4.69, 9.17) is 0 Å². The minimum absolute atomic E-state index is 0.160. The van der Waals surface area contributed by atoms with Crippen molar-refractivity contribution in [2.75, 3.05) is 18.9 Å². The zero-order valence-electron chi connectivity index (χ0n) is 10.5. The van der Waals surface area contributed by atoms with Crippen molar-refractivity contribution in [1.29, 1.82) is 0 Å². The van der Waals surface area contributed by atoms with E-state index in [9.17, 15) is 5.11 Å². The number of rotatable bonds is 8. The highest BCUT2D eigenvalue weighted by Gasteiger charge is 2.20. The maximum absolute atomic E-state index is 9.34. The van der Waals surface area contributed by atoms with Crippen LogP contribution in [0.3, 0.4) is 0 Å². The normalized spacial score (nSPS) is 14.5. The van der Waals surface area contributed by atoms with Crippen molar-refractivity contribution < 1.29 is 5.11 Å². The van der Waals surface area contributed by atoms with Crippen molar-refractivity contribution in [1.82, 2.24) is 15.3 Å². The van der Waals surface area contributed by atoms with E-state index in [1.165, 1.54) is 0 Å². The number of likely N-dealkylation sites (N-methyl/N-ethyl adjacent to an activating group) is 1. The van der Waals surface area contributed by atoms with Crippen LogP contribution in [-0.2, 0) is 0 Å². The number of aromatic nitrogens is 2. The Morgan fingerprint density at radius 2 is 2.12 bits per heavy atom. The summed E-state index contributed by atoms with van der Waals surface area (Å²) in [6.07, 6.45) is 5.50. The largest absolute Gasteiger partial charge is 0.394 e. The fourth-order valence-electron chi connectivity index (χ4n) is 1.64. The quantitative estimate of drug-likeness (QED) is 0.421. The number of aliphatic hydroxyl groups excluding tert-OH is 1. The fourth-order valence-corrected chi connectivity index (χ4v) is 2.38. The van der Waals surface area contributed by atoms with E-state index >= 15 is 0 Å². The Morgan fingerprint density at radius 3 is 2.71 bits per heavy atom. The van der Waals surface area contributed by atoms with E-state index in [0.717, 1.165) is 30.3 Å². The first-order valence-electron chi connectivity index (χ1n) is 5.96. The smallest absolute Gasteiger partial charge is 0.187 e. The molecule has 4 nitrogen and oxygen atoms in total. The summed E-state index contributed by atoms with van der Waals surface area (Å²) in [7, 11) is 0. The molecule has 0 aliphatic carbocycles. The van der Waals surface area contributed by atoms with Crippen molar-refractivity contribution in [2.24, 2.45) is 0 Å². The third kappa shape index (κ3) is 5.48. The molecule has 0 saturated heterocycles. The lowest BCUT2D eigenvalue weighted by atomic mass is 9.97. The second-order valence-electron chi connectivity index (χ2n) is 4.23. The van der Waals surface area contributed by atoms with Gasteiger partial charge in [0.25, 0.3) is 0 Å². The predicted octanol–water partition coefficient (Wildman–Crippen LogP) is 1.71. The van der Waals surface area contributed by atoms with Crippen molar-refractivity contribution in [2.45, 2.75) is 37.4 Å². The van der Waals surface area contributed by atoms with Crippen molar-refractivity contribution >= 4 is 11.8 Å². The predicted molar refractivity (Wildman–Crippen MR) is 71.2 cm³/mol. The second kappa shape index (κ2) is 7.63. The molecule has 96 valence electrons. The maximum Gasteiger partial charge on any atom is 0.187 e. The first-order valence-corrected chi connectivity index (χ1v) is 6.94. The van der Waals surface area contributed by atoms with Crippen LogP contribution >= 0.6 is 11.8 Å². The van der Waals surface area contributed by atoms with Crippen LogP contribution in [0.2, 0.25) is 0 Å². The van der Waals surface area contributed by atoms with Crippen LogP contribution in [0.15, 0.2) is 23.6 Å². The second-order valence-corrected chi connectivity index (χ2v) is 5.29. The van der Waals surface area contributed by atoms with E-state index in [2.05, 4.69) is 29.1 Å². The van der Waals surface area contributed by atoms with E-state index in [0.29, 0.717) is 0 Å². The van der Waals surface area contributed by atoms with E-state index in [1.54, 1.807) is 24.2 Å². The minimum atomic E-state index is -0.160. The number of hydrogen-bond donors (Lipinski definition) is 2. The van der Waals surface area contributed by atoms with Crippen molar-refractivity contribution in [3.8, 4) is 0 Å². The lowest BCUT2D eigenvalue weighted by Gasteiger charge is -2.28. The van der Waals surface area contributed by atoms with Crippen LogP contribution in [0, 0.1) is 0 Å². The number of nitrogens with zero attached hydrogens (tertiary/aromatic N) is 2. The Morgan fingerprint density at radius 1 is 1.41 bits per heavy atom. The monoisotopic (exact) mass is 255 g/mol. The van der Waals surface area contributed by atoms with Gasteiger partial charge < -0.3 is 10.4 Å². The van der Waals surface area contributed by atoms with Crippen LogP contribution in [-0.4, -0.2) is 39.5 Å². The van der Waals surface area contributed by atoms with Crippen LogP contribution in [0.4, 0.5) is 0 Å². The zero-order chi connectivity index (χ0) is 12.6. The molecule has 0 aliphatic heterocycles. The molecule has 0 aliphatic rings. The first kappa shape index (κ1) is 14.4. The van der Waals surface area contributed by atoms with Gasteiger partial charge in [-0.3, -0.25) is 0 Å². The molecule has 0 spiro atoms. The highest BCUT2D eigenvalue weighted by atomic mass is 32.2. The molecule has 1 aromatic rings. The lowest BCUT2D eigenvalue weighted by molar-refractivity contribution is 0.167. The third-order valence-corrected chi connectivity index (χ3v) is 3.56. The number of aliphatic hydroxyl groups is 1. The van der Waals surface area contributed by atoms with Gasteiger partial charge in [-0.1, -0.05) is 18.7 Å². The molecule has 0 radical (unpaired) electrons. The standard InChI is InChI=1S/C12H21N3OS/c1-3-15-12(2,10-16)6-4-9-17-11-13-7-5-8-14-11/h5,7-8,15-16H,3-4,6,9-10H2,1-2H3. The SMILES string of the molecule is CCNC(C)(CO)CCCSc1ncccn1. The molecular weight excluding hydrogens is 234 g/mol. The van der Waals surface area contributed by atoms with Crippen molar-refractivity contribution in [3.63, 3.8) is 0 Å². The van der Waals surface area contributed by atoms with Gasteiger partial charge in [0.2, 0.25) is 0 Å². The van der Waals surface area contributed by atoms with E-state index in [1.807, 2.05) is 6.07 Å². The molecule has 1 aromatic heterocycles. The number of hydrogen-bond acceptors (Lipinski definition) is 5. The molecule has 17 heavy (non-hydrogen) atoms. The summed E-state index contributed by atoms with van der Waals surface area (Å²) in [5.74, 6) is 0.977. The van der Waals surface area contributed by atoms with Gasteiger partial charge in [-0.2, -0.15) is 0 Å². The Bertz CT molecular complexity index is 310. The summed E-state index contributed by atoms with van der Waals surface area (Å²) in [6, 6.07) is 1.82. The summed E-state index contributed by atoms with van der Waals surface area (Å²) < 4.78 is 0. The molecular formula is C12H21N3OS. The molecule has 1 atom stereocenters. The Hall–Kier alpha value is -0.650. The van der Waals surface area contributed by atoms with Crippen LogP contribution < -0.4 is 5.32 Å². The Balaban J connectivity index is 2.23. The van der Waals surface area contributed by atoms with Gasteiger partial charge in [-0.15, -0.1) is 0 Å². The molecule has 1 rings (SSSR count).